The van der Waals surface area contributed by atoms with Gasteiger partial charge in [0.1, 0.15) is 28.0 Å². The van der Waals surface area contributed by atoms with Crippen LogP contribution in [0.15, 0.2) is 164 Å². The number of carbonyl (C=O) groups excluding carboxylic acids is 8. The number of morpholine rings is 5. The third kappa shape index (κ3) is 21.8. The second kappa shape index (κ2) is 43.7. The number of amides is 8. The highest BCUT2D eigenvalue weighted by Gasteiger charge is 2.46. The maximum Gasteiger partial charge on any atom is 0.263 e. The fourth-order valence-corrected chi connectivity index (χ4v) is 24.3. The largest absolute Gasteiger partial charge is 0.378 e. The van der Waals surface area contributed by atoms with Crippen LogP contribution in [0.1, 0.15) is 145 Å². The molecule has 8 atom stereocenters. The lowest BCUT2D eigenvalue weighted by molar-refractivity contribution is -0.131. The molecule has 5 saturated heterocycles. The van der Waals surface area contributed by atoms with Gasteiger partial charge in [-0.25, -0.2) is 4.98 Å². The Kier molecular flexibility index (Phi) is 31.1. The minimum atomic E-state index is -0.789. The lowest BCUT2D eigenvalue weighted by atomic mass is 9.82. The van der Waals surface area contributed by atoms with Crippen molar-refractivity contribution in [1.29, 1.82) is 0 Å². The van der Waals surface area contributed by atoms with Gasteiger partial charge in [-0.15, -0.1) is 45.3 Å². The molecule has 0 aliphatic carbocycles. The van der Waals surface area contributed by atoms with E-state index in [0.717, 1.165) is 167 Å². The number of benzene rings is 5. The molecule has 2 unspecified atom stereocenters. The Morgan fingerprint density at radius 3 is 1.21 bits per heavy atom. The van der Waals surface area contributed by atoms with Gasteiger partial charge in [-0.2, -0.15) is 0 Å². The molecule has 0 bridgehead atoms. The summed E-state index contributed by atoms with van der Waals surface area (Å²) in [5.74, 6) is 4.31. The van der Waals surface area contributed by atoms with Gasteiger partial charge < -0.3 is 90.7 Å². The number of thiophene rings is 4. The van der Waals surface area contributed by atoms with Gasteiger partial charge in [-0.3, -0.25) is 43.3 Å². The number of nitrogens with zero attached hydrogens (tertiary/aromatic N) is 8. The number of fused-ring (bicyclic) bond motifs is 5. The lowest BCUT2D eigenvalue weighted by Crippen LogP contribution is -2.52. The minimum absolute atomic E-state index is 0.0224. The van der Waals surface area contributed by atoms with Crippen LogP contribution >= 0.6 is 115 Å². The van der Waals surface area contributed by atoms with Crippen LogP contribution in [0.3, 0.4) is 0 Å². The first-order chi connectivity index (χ1) is 65.5. The Morgan fingerprint density at radius 1 is 0.437 bits per heavy atom. The molecule has 0 spiro atoms. The van der Waals surface area contributed by atoms with Crippen LogP contribution in [0, 0.1) is 11.8 Å². The number of anilines is 5. The average molecular weight is 2020 g/mol. The number of thiazole rings is 1. The Labute approximate surface area is 825 Å². The van der Waals surface area contributed by atoms with E-state index in [9.17, 15) is 38.4 Å². The van der Waals surface area contributed by atoms with Crippen molar-refractivity contribution in [1.82, 2.24) is 46.8 Å². The molecule has 8 amide bonds. The molecule has 0 saturated carbocycles. The number of carbonyl (C=O) groups is 8. The quantitative estimate of drug-likeness (QED) is 0.0527. The van der Waals surface area contributed by atoms with Gasteiger partial charge in [-0.05, 0) is 136 Å². The van der Waals surface area contributed by atoms with Crippen LogP contribution in [-0.2, 0) is 38.1 Å². The molecule has 6 aromatic heterocycles. The predicted molar refractivity (Wildman–Crippen MR) is 532 cm³/mol. The van der Waals surface area contributed by atoms with Gasteiger partial charge in [0.15, 0.2) is 5.13 Å². The van der Waals surface area contributed by atoms with E-state index < -0.39 is 24.0 Å². The number of nitrogens with one attached hydrogen (secondary N) is 6. The lowest BCUT2D eigenvalue weighted by Gasteiger charge is -2.33. The molecule has 16 heterocycles. The highest BCUT2D eigenvalue weighted by Crippen LogP contribution is 2.49. The topological polar surface area (TPSA) is 326 Å². The van der Waals surface area contributed by atoms with Crippen LogP contribution in [0.5, 0.6) is 0 Å². The first-order valence-electron chi connectivity index (χ1n) is 44.1. The molecule has 5 fully saturated rings. The van der Waals surface area contributed by atoms with Crippen molar-refractivity contribution in [3.05, 3.63) is 280 Å². The summed E-state index contributed by atoms with van der Waals surface area (Å²) in [4.78, 5) is 126. The van der Waals surface area contributed by atoms with E-state index in [4.69, 9.17) is 92.4 Å². The van der Waals surface area contributed by atoms with E-state index in [2.05, 4.69) is 85.4 Å². The van der Waals surface area contributed by atoms with E-state index >= 15 is 0 Å². The molecule has 135 heavy (non-hydrogen) atoms. The molecule has 28 nitrogen and oxygen atoms in total. The van der Waals surface area contributed by atoms with Crippen molar-refractivity contribution in [2.75, 3.05) is 190 Å². The summed E-state index contributed by atoms with van der Waals surface area (Å²) in [6.07, 6.45) is 3.49. The summed E-state index contributed by atoms with van der Waals surface area (Å²) in [5.41, 5.74) is 16.9. The number of hydrogen-bond donors (Lipinski definition) is 7. The molecular formula is C97H96Cl5N15O13S5. The molecule has 5 aromatic carbocycles. The van der Waals surface area contributed by atoms with Crippen LogP contribution in [-0.4, -0.2) is 246 Å². The van der Waals surface area contributed by atoms with E-state index in [1.807, 2.05) is 127 Å². The summed E-state index contributed by atoms with van der Waals surface area (Å²) in [6, 6.07) is 45.7. The number of aromatic nitrogens is 2. The van der Waals surface area contributed by atoms with Crippen molar-refractivity contribution in [2.45, 2.75) is 47.7 Å². The van der Waals surface area contributed by atoms with Crippen LogP contribution < -0.4 is 62.1 Å². The average Bonchev–Trinajstić information content (AvgIpc) is 1.56. The Bertz CT molecular complexity index is 6210. The summed E-state index contributed by atoms with van der Waals surface area (Å²) in [6.45, 7) is 15.9. The zero-order valence-electron chi connectivity index (χ0n) is 73.7. The highest BCUT2D eigenvalue weighted by molar-refractivity contribution is 7.19. The van der Waals surface area contributed by atoms with Crippen molar-refractivity contribution >= 4 is 187 Å². The molecule has 702 valence electrons. The van der Waals surface area contributed by atoms with Crippen molar-refractivity contribution in [2.24, 2.45) is 5.73 Å². The first kappa shape index (κ1) is 96.0. The fraction of sp³-hybridized carbons (Fsp3) is 0.340. The molecule has 10 aliphatic rings. The smallest absolute Gasteiger partial charge is 0.263 e. The van der Waals surface area contributed by atoms with Crippen molar-refractivity contribution in [3.63, 3.8) is 0 Å². The Hall–Kier alpha value is -10.8. The third-order valence-corrected chi connectivity index (χ3v) is 31.9. The molecule has 10 aliphatic heterocycles. The van der Waals surface area contributed by atoms with E-state index in [-0.39, 0.29) is 70.9 Å². The Morgan fingerprint density at radius 2 is 0.807 bits per heavy atom. The number of primary amides is 1. The van der Waals surface area contributed by atoms with E-state index in [0.29, 0.717) is 119 Å². The fourth-order valence-electron chi connectivity index (χ4n) is 17.8. The minimum Gasteiger partial charge on any atom is -0.378 e. The van der Waals surface area contributed by atoms with Gasteiger partial charge in [0.05, 0.1) is 112 Å². The zero-order valence-corrected chi connectivity index (χ0v) is 81.5. The number of ether oxygens (including phenoxy) is 5. The monoisotopic (exact) mass is 2010 g/mol. The Balaban J connectivity index is 0.000000118. The number of pyridine rings is 1. The van der Waals surface area contributed by atoms with Crippen LogP contribution in [0.4, 0.5) is 25.1 Å². The second-order valence-electron chi connectivity index (χ2n) is 33.2. The van der Waals surface area contributed by atoms with Crippen LogP contribution in [0.25, 0.3) is 0 Å². The standard InChI is InChI=1S/C24H20ClN3O2S.C20H22ClN3O3S.C19H20ClN3O3S.C18H18ClN3O3S.C16H16ClN3O2S/c25-18-6-4-17(5-7-18)20-15-27-23(29)22-21(20)19(8-3-16-2-1-9-26-14-16)24(31-22)28-10-12-30-13-11-28;1-23(2)20(26)17-16(12-3-5-13(21)6-4-12)14-11-15(24-7-9-27-10-8-24)28-18(14)19(25)22-17;1-21-18(24)16-15(11-2-4-12(20)5-3-11)13-10-14(23-6-8-26-9-7-23)27-17(13)19(25)22-16;19-11-3-1-10(2-4-11)14-12-9-13(22-5-7-25-8-6-22)26-16(12)18(24)21-15(14)17(20)23;17-11-3-1-10(2-4-11)12-9-18-15(21)14-13(12)19-16(23-14)20-5-7-22-8-6-20/h1-2,4-7,9,14,20H,10-13,15H2,(H,27,29);3-6,11,16-17H,7-10H2,1-2H3,(H,22,25);2-5,10,15-16H,6-9H2,1H3,(H,21,24)(H,22,25);1-4,9,14-15H,5-8H2,(H2,20,23)(H,21,24);1-4,12H,5-9H2,(H,18,21)/t;16-,17-;15-,16-;14-,15-;/m.111./s1. The summed E-state index contributed by atoms with van der Waals surface area (Å²) in [7, 11) is 4.99. The van der Waals surface area contributed by atoms with Gasteiger partial charge in [-0.1, -0.05) is 142 Å². The summed E-state index contributed by atoms with van der Waals surface area (Å²) < 4.78 is 27.2. The first-order valence-corrected chi connectivity index (χ1v) is 50.1. The number of rotatable bonds is 13. The number of halogens is 5. The van der Waals surface area contributed by atoms with Crippen LogP contribution in [0.2, 0.25) is 25.1 Å². The number of hydrogen-bond acceptors (Lipinski definition) is 25. The predicted octanol–water partition coefficient (Wildman–Crippen LogP) is 13.2. The molecule has 8 N–H and O–H groups in total. The number of likely N-dealkylation sites (N-methyl/N-ethyl adjacent to an activating group) is 2. The summed E-state index contributed by atoms with van der Waals surface area (Å²) in [5, 5.41) is 25.6. The molecule has 11 aromatic rings. The SMILES string of the molecule is CN(C)C(=O)[C@@H]1NC(=O)c2sc(N3CCOCC3)cc2[C@H]1c1ccc(Cl)cc1.CNC(=O)[C@@H]1NC(=O)c2sc(N3CCOCC3)cc2[C@H]1c1ccc(Cl)cc1.NC(=O)[C@@H]1NC(=O)c2sc(N3CCOCC3)cc2[C@H]1c1ccc(Cl)cc1.O=C1NCC(c2ccc(Cl)cc2)c2c1sc(N1CCOCC1)c2C#Cc1cccnc1.O=C1NCC(c2ccc(Cl)cc2)c2nc(N3CCOCC3)sc21. The van der Waals surface area contributed by atoms with E-state index in [1.54, 1.807) is 45.7 Å². The zero-order chi connectivity index (χ0) is 94.1. The number of nitrogens with two attached hydrogens (primary N) is 1. The summed E-state index contributed by atoms with van der Waals surface area (Å²) >= 11 is 37.6. The van der Waals surface area contributed by atoms with Crippen molar-refractivity contribution < 1.29 is 62.0 Å². The molecular weight excluding hydrogens is 1920 g/mol. The maximum absolute atomic E-state index is 12.9. The van der Waals surface area contributed by atoms with Crippen molar-refractivity contribution in [3.8, 4) is 11.8 Å². The normalized spacial score (nSPS) is 21.0. The van der Waals surface area contributed by atoms with Gasteiger partial charge in [0, 0.05) is 178 Å². The van der Waals surface area contributed by atoms with Gasteiger partial charge >= 0.3 is 0 Å². The molecule has 0 radical (unpaired) electrons. The second-order valence-corrected chi connectivity index (χ2v) is 40.4. The molecule has 21 rings (SSSR count). The highest BCUT2D eigenvalue weighted by atomic mass is 35.5. The van der Waals surface area contributed by atoms with Gasteiger partial charge in [0.25, 0.3) is 29.5 Å². The van der Waals surface area contributed by atoms with E-state index in [1.165, 1.54) is 61.6 Å². The van der Waals surface area contributed by atoms with Gasteiger partial charge in [0.2, 0.25) is 17.7 Å². The maximum atomic E-state index is 12.9. The third-order valence-electron chi connectivity index (χ3n) is 24.6. The molecule has 38 heteroatoms.